The number of benzene rings is 2. The number of hydrogen-bond donors (Lipinski definition) is 2. The summed E-state index contributed by atoms with van der Waals surface area (Å²) in [6, 6.07) is 8.92. The van der Waals surface area contributed by atoms with E-state index in [0.717, 1.165) is 5.56 Å². The Balaban J connectivity index is 1.98. The highest BCUT2D eigenvalue weighted by Gasteiger charge is 2.13. The molecule has 3 aromatic rings. The second-order valence-electron chi connectivity index (χ2n) is 5.01. The topological polar surface area (TPSA) is 75.1 Å². The van der Waals surface area contributed by atoms with Gasteiger partial charge in [-0.2, -0.15) is 0 Å². The Hall–Kier alpha value is -2.73. The zero-order valence-electron chi connectivity index (χ0n) is 12.0. The van der Waals surface area contributed by atoms with Gasteiger partial charge in [-0.3, -0.25) is 4.79 Å². The van der Waals surface area contributed by atoms with Gasteiger partial charge in [0.05, 0.1) is 5.69 Å². The molecule has 0 atom stereocenters. The van der Waals surface area contributed by atoms with E-state index in [2.05, 4.69) is 15.5 Å². The van der Waals surface area contributed by atoms with Crippen LogP contribution in [0.2, 0.25) is 5.15 Å². The summed E-state index contributed by atoms with van der Waals surface area (Å²) < 4.78 is 13.7. The van der Waals surface area contributed by atoms with Crippen molar-refractivity contribution in [2.75, 3.05) is 5.32 Å². The molecule has 1 aromatic heterocycles. The van der Waals surface area contributed by atoms with Gasteiger partial charge in [0.25, 0.3) is 5.91 Å². The molecule has 0 radical (unpaired) electrons. The van der Waals surface area contributed by atoms with Gasteiger partial charge in [-0.05, 0) is 36.8 Å². The van der Waals surface area contributed by atoms with E-state index in [-0.39, 0.29) is 22.3 Å². The fraction of sp³-hybridized carbons (Fsp3) is 0.0625. The Morgan fingerprint density at radius 3 is 2.74 bits per heavy atom. The standard InChI is InChI=1S/C16H11ClFN3O2/c1-8-2-5-12(18)13(6-8)19-15(22)9-3-4-10-11(7-9)16(23)21-20-14(10)17/h2-7H,1H3,(H,19,22)(H,21,23). The number of rotatable bonds is 2. The minimum absolute atomic E-state index is 0.0882. The summed E-state index contributed by atoms with van der Waals surface area (Å²) >= 11 is 5.89. The molecule has 116 valence electrons. The second kappa shape index (κ2) is 5.81. The third-order valence-corrected chi connectivity index (χ3v) is 3.63. The minimum atomic E-state index is -0.526. The van der Waals surface area contributed by atoms with Gasteiger partial charge in [-0.25, -0.2) is 4.39 Å². The lowest BCUT2D eigenvalue weighted by Crippen LogP contribution is -2.13. The molecule has 0 aliphatic carbocycles. The van der Waals surface area contributed by atoms with E-state index in [9.17, 15) is 14.3 Å². The molecule has 2 aromatic carbocycles. The van der Waals surface area contributed by atoms with E-state index in [1.54, 1.807) is 19.1 Å². The fourth-order valence-electron chi connectivity index (χ4n) is 2.18. The summed E-state index contributed by atoms with van der Waals surface area (Å²) in [6.07, 6.45) is 0. The van der Waals surface area contributed by atoms with E-state index < -0.39 is 11.7 Å². The number of nitrogens with one attached hydrogen (secondary N) is 1. The molecule has 1 amide bonds. The number of hydrogen-bond acceptors (Lipinski definition) is 4. The van der Waals surface area contributed by atoms with Crippen molar-refractivity contribution in [1.82, 2.24) is 10.2 Å². The molecule has 2 N–H and O–H groups in total. The molecule has 0 unspecified atom stereocenters. The van der Waals surface area contributed by atoms with Crippen LogP contribution >= 0.6 is 11.6 Å². The van der Waals surface area contributed by atoms with Gasteiger partial charge in [-0.15, -0.1) is 10.2 Å². The highest BCUT2D eigenvalue weighted by Crippen LogP contribution is 2.28. The molecular formula is C16H11ClFN3O2. The smallest absolute Gasteiger partial charge is 0.255 e. The molecule has 7 heteroatoms. The zero-order chi connectivity index (χ0) is 16.6. The Morgan fingerprint density at radius 1 is 1.17 bits per heavy atom. The average molecular weight is 332 g/mol. The quantitative estimate of drug-likeness (QED) is 0.751. The maximum atomic E-state index is 13.7. The molecule has 0 fully saturated rings. The number of carbonyl (C=O) groups is 1. The average Bonchev–Trinajstić information content (AvgIpc) is 2.54. The monoisotopic (exact) mass is 331 g/mol. The third kappa shape index (κ3) is 2.93. The van der Waals surface area contributed by atoms with Crippen LogP contribution < -0.4 is 5.32 Å². The van der Waals surface area contributed by atoms with Crippen LogP contribution in [-0.2, 0) is 0 Å². The Kier molecular flexibility index (Phi) is 3.83. The predicted molar refractivity (Wildman–Crippen MR) is 85.3 cm³/mol. The lowest BCUT2D eigenvalue weighted by molar-refractivity contribution is 0.102. The van der Waals surface area contributed by atoms with Gasteiger partial charge in [0.1, 0.15) is 5.82 Å². The van der Waals surface area contributed by atoms with E-state index in [1.165, 1.54) is 24.3 Å². The fourth-order valence-corrected chi connectivity index (χ4v) is 2.38. The lowest BCUT2D eigenvalue weighted by Gasteiger charge is -2.08. The predicted octanol–water partition coefficient (Wildman–Crippen LogP) is 3.69. The van der Waals surface area contributed by atoms with E-state index in [0.29, 0.717) is 10.8 Å². The minimum Gasteiger partial charge on any atom is -0.492 e. The maximum absolute atomic E-state index is 13.7. The zero-order valence-corrected chi connectivity index (χ0v) is 12.7. The number of aromatic hydroxyl groups is 1. The number of aromatic nitrogens is 2. The summed E-state index contributed by atoms with van der Waals surface area (Å²) in [5.74, 6) is -1.37. The highest BCUT2D eigenvalue weighted by atomic mass is 35.5. The van der Waals surface area contributed by atoms with Crippen LogP contribution in [0.4, 0.5) is 10.1 Å². The van der Waals surface area contributed by atoms with Crippen molar-refractivity contribution in [2.24, 2.45) is 0 Å². The third-order valence-electron chi connectivity index (χ3n) is 3.35. The second-order valence-corrected chi connectivity index (χ2v) is 5.37. The van der Waals surface area contributed by atoms with Crippen LogP contribution in [0.3, 0.4) is 0 Å². The first-order valence-corrected chi connectivity index (χ1v) is 7.06. The number of fused-ring (bicyclic) bond motifs is 1. The molecule has 0 spiro atoms. The molecule has 0 aliphatic rings. The normalized spacial score (nSPS) is 10.7. The Labute approximate surface area is 135 Å². The molecule has 0 saturated heterocycles. The van der Waals surface area contributed by atoms with Gasteiger partial charge < -0.3 is 10.4 Å². The first kappa shape index (κ1) is 15.2. The van der Waals surface area contributed by atoms with Gasteiger partial charge in [0.2, 0.25) is 5.88 Å². The van der Waals surface area contributed by atoms with Crippen molar-refractivity contribution < 1.29 is 14.3 Å². The van der Waals surface area contributed by atoms with E-state index >= 15 is 0 Å². The number of amides is 1. The summed E-state index contributed by atoms with van der Waals surface area (Å²) in [4.78, 5) is 12.3. The van der Waals surface area contributed by atoms with Gasteiger partial charge in [-0.1, -0.05) is 23.7 Å². The molecule has 3 rings (SSSR count). The van der Waals surface area contributed by atoms with Crippen molar-refractivity contribution in [2.45, 2.75) is 6.92 Å². The molecule has 0 aliphatic heterocycles. The highest BCUT2D eigenvalue weighted by molar-refractivity contribution is 6.34. The van der Waals surface area contributed by atoms with Crippen LogP contribution in [0, 0.1) is 12.7 Å². The number of nitrogens with zero attached hydrogens (tertiary/aromatic N) is 2. The van der Waals surface area contributed by atoms with Gasteiger partial charge in [0.15, 0.2) is 5.15 Å². The van der Waals surface area contributed by atoms with Crippen LogP contribution in [0.5, 0.6) is 5.88 Å². The van der Waals surface area contributed by atoms with Gasteiger partial charge >= 0.3 is 0 Å². The molecule has 1 heterocycles. The number of aryl methyl sites for hydroxylation is 1. The van der Waals surface area contributed by atoms with Crippen molar-refractivity contribution in [3.63, 3.8) is 0 Å². The van der Waals surface area contributed by atoms with Crippen molar-refractivity contribution in [3.8, 4) is 5.88 Å². The summed E-state index contributed by atoms with van der Waals surface area (Å²) in [6.45, 7) is 1.80. The molecule has 23 heavy (non-hydrogen) atoms. The van der Waals surface area contributed by atoms with Crippen LogP contribution in [0.15, 0.2) is 36.4 Å². The summed E-state index contributed by atoms with van der Waals surface area (Å²) in [5, 5.41) is 20.2. The van der Waals surface area contributed by atoms with Crippen molar-refractivity contribution >= 4 is 34.0 Å². The van der Waals surface area contributed by atoms with E-state index in [1.807, 2.05) is 0 Å². The van der Waals surface area contributed by atoms with Gasteiger partial charge in [0, 0.05) is 16.3 Å². The van der Waals surface area contributed by atoms with E-state index in [4.69, 9.17) is 11.6 Å². The Bertz CT molecular complexity index is 931. The van der Waals surface area contributed by atoms with Crippen LogP contribution in [0.1, 0.15) is 15.9 Å². The van der Waals surface area contributed by atoms with Crippen molar-refractivity contribution in [1.29, 1.82) is 0 Å². The SMILES string of the molecule is Cc1ccc(F)c(NC(=O)c2ccc3c(Cl)nnc(O)c3c2)c1. The molecular weight excluding hydrogens is 321 g/mol. The number of halogens is 2. The summed E-state index contributed by atoms with van der Waals surface area (Å²) in [7, 11) is 0. The first-order valence-electron chi connectivity index (χ1n) is 6.68. The largest absolute Gasteiger partial charge is 0.492 e. The lowest BCUT2D eigenvalue weighted by atomic mass is 10.1. The number of anilines is 1. The maximum Gasteiger partial charge on any atom is 0.255 e. The van der Waals surface area contributed by atoms with Crippen LogP contribution in [0.25, 0.3) is 10.8 Å². The Morgan fingerprint density at radius 2 is 1.96 bits per heavy atom. The van der Waals surface area contributed by atoms with Crippen molar-refractivity contribution in [3.05, 3.63) is 58.5 Å². The van der Waals surface area contributed by atoms with Crippen LogP contribution in [-0.4, -0.2) is 21.2 Å². The molecule has 0 bridgehead atoms. The molecule has 5 nitrogen and oxygen atoms in total. The summed E-state index contributed by atoms with van der Waals surface area (Å²) in [5.41, 5.74) is 1.14. The number of carbonyl (C=O) groups excluding carboxylic acids is 1. The first-order chi connectivity index (χ1) is 11.0. The molecule has 0 saturated carbocycles.